The molecule has 0 bridgehead atoms. The molecule has 19 heavy (non-hydrogen) atoms. The lowest BCUT2D eigenvalue weighted by Crippen LogP contribution is -2.23. The van der Waals surface area contributed by atoms with Crippen molar-refractivity contribution in [2.24, 2.45) is 0 Å². The molecule has 3 N–H and O–H groups in total. The Morgan fingerprint density at radius 3 is 2.84 bits per heavy atom. The summed E-state index contributed by atoms with van der Waals surface area (Å²) in [4.78, 5) is 21.9. The van der Waals surface area contributed by atoms with Gasteiger partial charge in [0.15, 0.2) is 0 Å². The predicted octanol–water partition coefficient (Wildman–Crippen LogP) is 2.43. The number of hydrogen-bond donors (Lipinski definition) is 2. The lowest BCUT2D eigenvalue weighted by molar-refractivity contribution is 0.0954. The number of aryl methyl sites for hydroxylation is 2. The summed E-state index contributed by atoms with van der Waals surface area (Å²) in [6, 6.07) is 1.92. The highest BCUT2D eigenvalue weighted by Crippen LogP contribution is 2.26. The van der Waals surface area contributed by atoms with Gasteiger partial charge in [0.2, 0.25) is 0 Å². The van der Waals surface area contributed by atoms with Crippen molar-refractivity contribution in [3.8, 4) is 0 Å². The standard InChI is InChI=1S/C12H13BrN4OS/c1-6-3-9(13)10(19-6)12(18)16-5-8-4-15-7(2)17-11(8)14/h3-4H,5H2,1-2H3,(H,16,18)(H2,14,15,17). The average Bonchev–Trinajstić information content (AvgIpc) is 2.67. The summed E-state index contributed by atoms with van der Waals surface area (Å²) in [5.74, 6) is 0.878. The number of rotatable bonds is 3. The van der Waals surface area contributed by atoms with Crippen LogP contribution in [0.15, 0.2) is 16.7 Å². The van der Waals surface area contributed by atoms with Crippen LogP contribution in [-0.4, -0.2) is 15.9 Å². The van der Waals surface area contributed by atoms with Crippen LogP contribution >= 0.6 is 27.3 Å². The second kappa shape index (κ2) is 5.66. The zero-order chi connectivity index (χ0) is 14.0. The molecule has 0 aromatic carbocycles. The molecule has 0 unspecified atom stereocenters. The fourth-order valence-corrected chi connectivity index (χ4v) is 3.28. The summed E-state index contributed by atoms with van der Waals surface area (Å²) >= 11 is 4.81. The van der Waals surface area contributed by atoms with E-state index in [0.29, 0.717) is 28.6 Å². The van der Waals surface area contributed by atoms with Crippen molar-refractivity contribution < 1.29 is 4.79 Å². The number of hydrogen-bond acceptors (Lipinski definition) is 5. The van der Waals surface area contributed by atoms with Crippen molar-refractivity contribution >= 4 is 39.0 Å². The fourth-order valence-electron chi connectivity index (χ4n) is 1.54. The Morgan fingerprint density at radius 2 is 2.26 bits per heavy atom. The van der Waals surface area contributed by atoms with Gasteiger partial charge in [0, 0.05) is 27.7 Å². The average molecular weight is 341 g/mol. The molecule has 2 aromatic heterocycles. The van der Waals surface area contributed by atoms with Crippen molar-refractivity contribution in [2.75, 3.05) is 5.73 Å². The largest absolute Gasteiger partial charge is 0.383 e. The summed E-state index contributed by atoms with van der Waals surface area (Å²) in [6.07, 6.45) is 1.63. The van der Waals surface area contributed by atoms with E-state index in [0.717, 1.165) is 9.35 Å². The Kier molecular flexibility index (Phi) is 4.16. The highest BCUT2D eigenvalue weighted by atomic mass is 79.9. The summed E-state index contributed by atoms with van der Waals surface area (Å²) in [6.45, 7) is 4.04. The molecule has 0 aliphatic heterocycles. The van der Waals surface area contributed by atoms with E-state index in [4.69, 9.17) is 5.73 Å². The van der Waals surface area contributed by atoms with E-state index in [2.05, 4.69) is 31.2 Å². The number of carbonyl (C=O) groups is 1. The molecule has 0 spiro atoms. The Bertz CT molecular complexity index is 626. The van der Waals surface area contributed by atoms with Crippen molar-refractivity contribution in [1.29, 1.82) is 0 Å². The normalized spacial score (nSPS) is 10.5. The number of halogens is 1. The number of nitrogen functional groups attached to an aromatic ring is 1. The molecule has 0 fully saturated rings. The zero-order valence-corrected chi connectivity index (χ0v) is 12.9. The molecule has 0 radical (unpaired) electrons. The topological polar surface area (TPSA) is 80.9 Å². The van der Waals surface area contributed by atoms with Crippen LogP contribution < -0.4 is 11.1 Å². The van der Waals surface area contributed by atoms with E-state index >= 15 is 0 Å². The Labute approximate surface area is 123 Å². The third-order valence-corrected chi connectivity index (χ3v) is 4.41. The second-order valence-corrected chi connectivity index (χ2v) is 6.16. The molecule has 5 nitrogen and oxygen atoms in total. The minimum absolute atomic E-state index is 0.134. The molecular weight excluding hydrogens is 328 g/mol. The first-order valence-electron chi connectivity index (χ1n) is 5.59. The van der Waals surface area contributed by atoms with Crippen LogP contribution in [0.25, 0.3) is 0 Å². The van der Waals surface area contributed by atoms with Crippen molar-refractivity contribution in [1.82, 2.24) is 15.3 Å². The van der Waals surface area contributed by atoms with Crippen molar-refractivity contribution in [3.05, 3.63) is 37.9 Å². The molecule has 2 heterocycles. The van der Waals surface area contributed by atoms with Gasteiger partial charge in [-0.3, -0.25) is 4.79 Å². The molecule has 2 rings (SSSR count). The maximum absolute atomic E-state index is 12.0. The van der Waals surface area contributed by atoms with E-state index < -0.39 is 0 Å². The highest BCUT2D eigenvalue weighted by molar-refractivity contribution is 9.10. The van der Waals surface area contributed by atoms with Crippen LogP contribution in [0.2, 0.25) is 0 Å². The zero-order valence-electron chi connectivity index (χ0n) is 10.5. The minimum Gasteiger partial charge on any atom is -0.383 e. The van der Waals surface area contributed by atoms with Crippen LogP contribution in [0, 0.1) is 13.8 Å². The van der Waals surface area contributed by atoms with Gasteiger partial charge < -0.3 is 11.1 Å². The van der Waals surface area contributed by atoms with Gasteiger partial charge in [0.05, 0.1) is 0 Å². The maximum atomic E-state index is 12.0. The highest BCUT2D eigenvalue weighted by Gasteiger charge is 2.13. The van der Waals surface area contributed by atoms with E-state index in [9.17, 15) is 4.79 Å². The summed E-state index contributed by atoms with van der Waals surface area (Å²) in [7, 11) is 0. The van der Waals surface area contributed by atoms with Crippen molar-refractivity contribution in [2.45, 2.75) is 20.4 Å². The molecular formula is C12H13BrN4OS. The number of nitrogens with two attached hydrogens (primary N) is 1. The van der Waals surface area contributed by atoms with E-state index in [1.165, 1.54) is 11.3 Å². The Morgan fingerprint density at radius 1 is 1.53 bits per heavy atom. The minimum atomic E-state index is -0.134. The van der Waals surface area contributed by atoms with Gasteiger partial charge in [0.1, 0.15) is 16.5 Å². The maximum Gasteiger partial charge on any atom is 0.262 e. The first-order valence-corrected chi connectivity index (χ1v) is 7.20. The van der Waals surface area contributed by atoms with E-state index in [1.54, 1.807) is 13.1 Å². The molecule has 0 atom stereocenters. The number of thiophene rings is 1. The van der Waals surface area contributed by atoms with Gasteiger partial charge >= 0.3 is 0 Å². The van der Waals surface area contributed by atoms with Crippen molar-refractivity contribution in [3.63, 3.8) is 0 Å². The summed E-state index contributed by atoms with van der Waals surface area (Å²) in [5, 5.41) is 2.81. The number of carbonyl (C=O) groups excluding carboxylic acids is 1. The number of amides is 1. The third kappa shape index (κ3) is 3.30. The molecule has 0 aliphatic carbocycles. The van der Waals surface area contributed by atoms with Gasteiger partial charge in [-0.2, -0.15) is 0 Å². The SMILES string of the molecule is Cc1ncc(CNC(=O)c2sc(C)cc2Br)c(N)n1. The first-order chi connectivity index (χ1) is 8.97. The van der Waals surface area contributed by atoms with Gasteiger partial charge in [-0.25, -0.2) is 9.97 Å². The molecule has 0 saturated carbocycles. The lowest BCUT2D eigenvalue weighted by Gasteiger charge is -2.06. The summed E-state index contributed by atoms with van der Waals surface area (Å²) < 4.78 is 0.806. The molecule has 2 aromatic rings. The quantitative estimate of drug-likeness (QED) is 0.898. The first kappa shape index (κ1) is 14.0. The molecule has 0 aliphatic rings. The van der Waals surface area contributed by atoms with Gasteiger partial charge in [-0.1, -0.05) is 0 Å². The van der Waals surface area contributed by atoms with Crippen LogP contribution in [-0.2, 0) is 6.54 Å². The molecule has 1 amide bonds. The number of nitrogens with zero attached hydrogens (tertiary/aromatic N) is 2. The van der Waals surface area contributed by atoms with Gasteiger partial charge in [0.25, 0.3) is 5.91 Å². The third-order valence-electron chi connectivity index (χ3n) is 2.47. The van der Waals surface area contributed by atoms with E-state index in [1.807, 2.05) is 13.0 Å². The van der Waals surface area contributed by atoms with Crippen LogP contribution in [0.3, 0.4) is 0 Å². The van der Waals surface area contributed by atoms with Gasteiger partial charge in [-0.15, -0.1) is 11.3 Å². The lowest BCUT2D eigenvalue weighted by atomic mass is 10.3. The smallest absolute Gasteiger partial charge is 0.262 e. The molecule has 0 saturated heterocycles. The summed E-state index contributed by atoms with van der Waals surface area (Å²) in [5.41, 5.74) is 6.48. The Balaban J connectivity index is 2.06. The number of nitrogens with one attached hydrogen (secondary N) is 1. The van der Waals surface area contributed by atoms with Crippen LogP contribution in [0.1, 0.15) is 25.9 Å². The second-order valence-electron chi connectivity index (χ2n) is 4.04. The predicted molar refractivity (Wildman–Crippen MR) is 79.1 cm³/mol. The molecule has 7 heteroatoms. The monoisotopic (exact) mass is 340 g/mol. The van der Waals surface area contributed by atoms with Gasteiger partial charge in [-0.05, 0) is 35.8 Å². The number of aromatic nitrogens is 2. The van der Waals surface area contributed by atoms with Crippen LogP contribution in [0.5, 0.6) is 0 Å². The van der Waals surface area contributed by atoms with E-state index in [-0.39, 0.29) is 5.91 Å². The molecule has 100 valence electrons. The Hall–Kier alpha value is -1.47. The number of anilines is 1. The van der Waals surface area contributed by atoms with Crippen LogP contribution in [0.4, 0.5) is 5.82 Å². The fraction of sp³-hybridized carbons (Fsp3) is 0.250.